The Morgan fingerprint density at radius 2 is 2.38 bits per heavy atom. The topological polar surface area (TPSA) is 29.0 Å². The molecule has 1 fully saturated rings. The molecule has 1 aliphatic heterocycles. The van der Waals surface area contributed by atoms with Crippen LogP contribution in [0.2, 0.25) is 0 Å². The molecular formula is C8H9F2N3. The van der Waals surface area contributed by atoms with Crippen molar-refractivity contribution in [1.29, 1.82) is 0 Å². The fourth-order valence-corrected chi connectivity index (χ4v) is 1.45. The van der Waals surface area contributed by atoms with Crippen LogP contribution in [-0.2, 0) is 0 Å². The van der Waals surface area contributed by atoms with Crippen molar-refractivity contribution in [2.75, 3.05) is 18.0 Å². The molecule has 70 valence electrons. The van der Waals surface area contributed by atoms with Crippen LogP contribution < -0.4 is 4.90 Å². The molecule has 0 saturated carbocycles. The second-order valence-corrected chi connectivity index (χ2v) is 3.03. The number of halogens is 2. The SMILES string of the molecule is Fc1cncnc1N1CCC(F)C1. The van der Waals surface area contributed by atoms with Crippen LogP contribution in [0.3, 0.4) is 0 Å². The zero-order valence-electron chi connectivity index (χ0n) is 6.95. The van der Waals surface area contributed by atoms with Crippen LogP contribution >= 0.6 is 0 Å². The molecule has 0 aromatic carbocycles. The van der Waals surface area contributed by atoms with Crippen molar-refractivity contribution in [3.8, 4) is 0 Å². The lowest BCUT2D eigenvalue weighted by atomic mass is 10.3. The maximum atomic E-state index is 13.1. The Hall–Kier alpha value is -1.26. The van der Waals surface area contributed by atoms with Crippen LogP contribution in [0, 0.1) is 5.82 Å². The number of nitrogens with zero attached hydrogens (tertiary/aromatic N) is 3. The van der Waals surface area contributed by atoms with E-state index in [0.717, 1.165) is 6.20 Å². The highest BCUT2D eigenvalue weighted by atomic mass is 19.1. The van der Waals surface area contributed by atoms with E-state index in [-0.39, 0.29) is 12.4 Å². The summed E-state index contributed by atoms with van der Waals surface area (Å²) in [6.07, 6.45) is 1.94. The van der Waals surface area contributed by atoms with E-state index in [1.807, 2.05) is 0 Å². The van der Waals surface area contributed by atoms with Gasteiger partial charge in [-0.05, 0) is 6.42 Å². The average Bonchev–Trinajstić information content (AvgIpc) is 2.53. The van der Waals surface area contributed by atoms with Crippen molar-refractivity contribution in [1.82, 2.24) is 9.97 Å². The summed E-state index contributed by atoms with van der Waals surface area (Å²) in [7, 11) is 0. The molecule has 5 heteroatoms. The summed E-state index contributed by atoms with van der Waals surface area (Å²) in [6, 6.07) is 0. The first-order chi connectivity index (χ1) is 6.27. The fourth-order valence-electron chi connectivity index (χ4n) is 1.45. The molecule has 0 radical (unpaired) electrons. The minimum atomic E-state index is -0.866. The van der Waals surface area contributed by atoms with Crippen LogP contribution in [0.4, 0.5) is 14.6 Å². The quantitative estimate of drug-likeness (QED) is 0.657. The summed E-state index contributed by atoms with van der Waals surface area (Å²) in [6.45, 7) is 0.753. The van der Waals surface area contributed by atoms with Crippen molar-refractivity contribution >= 4 is 5.82 Å². The van der Waals surface area contributed by atoms with E-state index in [4.69, 9.17) is 0 Å². The summed E-state index contributed by atoms with van der Waals surface area (Å²) >= 11 is 0. The predicted octanol–water partition coefficient (Wildman–Crippen LogP) is 1.16. The number of aromatic nitrogens is 2. The molecule has 1 atom stereocenters. The van der Waals surface area contributed by atoms with Crippen molar-refractivity contribution < 1.29 is 8.78 Å². The molecule has 1 aliphatic rings. The summed E-state index contributed by atoms with van der Waals surface area (Å²) in [5, 5.41) is 0. The molecule has 0 amide bonds. The van der Waals surface area contributed by atoms with Gasteiger partial charge in [0.1, 0.15) is 12.5 Å². The third kappa shape index (κ3) is 1.59. The summed E-state index contributed by atoms with van der Waals surface area (Å²) in [5.41, 5.74) is 0. The lowest BCUT2D eigenvalue weighted by molar-refractivity contribution is 0.364. The Morgan fingerprint density at radius 1 is 1.54 bits per heavy atom. The van der Waals surface area contributed by atoms with Crippen LogP contribution in [-0.4, -0.2) is 29.2 Å². The van der Waals surface area contributed by atoms with Gasteiger partial charge in [0, 0.05) is 6.54 Å². The monoisotopic (exact) mass is 185 g/mol. The van der Waals surface area contributed by atoms with E-state index >= 15 is 0 Å². The van der Waals surface area contributed by atoms with Gasteiger partial charge in [0.05, 0.1) is 12.7 Å². The van der Waals surface area contributed by atoms with Crippen molar-refractivity contribution in [3.05, 3.63) is 18.3 Å². The molecule has 3 nitrogen and oxygen atoms in total. The van der Waals surface area contributed by atoms with Crippen LogP contribution in [0.5, 0.6) is 0 Å². The Morgan fingerprint density at radius 3 is 3.00 bits per heavy atom. The highest BCUT2D eigenvalue weighted by molar-refractivity contribution is 5.39. The number of hydrogen-bond acceptors (Lipinski definition) is 3. The average molecular weight is 185 g/mol. The minimum absolute atomic E-state index is 0.204. The molecule has 1 aromatic heterocycles. The van der Waals surface area contributed by atoms with E-state index in [1.54, 1.807) is 4.90 Å². The minimum Gasteiger partial charge on any atom is -0.351 e. The Kier molecular flexibility index (Phi) is 2.08. The first-order valence-corrected chi connectivity index (χ1v) is 4.12. The van der Waals surface area contributed by atoms with Crippen LogP contribution in [0.15, 0.2) is 12.5 Å². The van der Waals surface area contributed by atoms with Gasteiger partial charge in [-0.15, -0.1) is 0 Å². The van der Waals surface area contributed by atoms with Gasteiger partial charge in [0.15, 0.2) is 11.6 Å². The number of hydrogen-bond donors (Lipinski definition) is 0. The maximum absolute atomic E-state index is 13.1. The molecule has 0 bridgehead atoms. The molecule has 0 spiro atoms. The van der Waals surface area contributed by atoms with Crippen molar-refractivity contribution in [3.63, 3.8) is 0 Å². The largest absolute Gasteiger partial charge is 0.351 e. The lowest BCUT2D eigenvalue weighted by Gasteiger charge is -2.15. The second-order valence-electron chi connectivity index (χ2n) is 3.03. The summed E-state index contributed by atoms with van der Waals surface area (Å²) in [4.78, 5) is 8.90. The van der Waals surface area contributed by atoms with E-state index < -0.39 is 12.0 Å². The van der Waals surface area contributed by atoms with Crippen molar-refractivity contribution in [2.24, 2.45) is 0 Å². The van der Waals surface area contributed by atoms with Gasteiger partial charge < -0.3 is 4.90 Å². The van der Waals surface area contributed by atoms with Crippen LogP contribution in [0.25, 0.3) is 0 Å². The maximum Gasteiger partial charge on any atom is 0.183 e. The Labute approximate surface area is 74.4 Å². The van der Waals surface area contributed by atoms with Gasteiger partial charge in [-0.25, -0.2) is 18.7 Å². The zero-order valence-corrected chi connectivity index (χ0v) is 6.95. The molecule has 13 heavy (non-hydrogen) atoms. The molecule has 2 heterocycles. The van der Waals surface area contributed by atoms with E-state index in [0.29, 0.717) is 13.0 Å². The molecule has 0 N–H and O–H groups in total. The normalized spacial score (nSPS) is 22.3. The first-order valence-electron chi connectivity index (χ1n) is 4.12. The van der Waals surface area contributed by atoms with E-state index in [1.165, 1.54) is 6.33 Å². The molecule has 1 unspecified atom stereocenters. The highest BCUT2D eigenvalue weighted by Gasteiger charge is 2.24. The summed E-state index contributed by atoms with van der Waals surface area (Å²) < 4.78 is 25.9. The van der Waals surface area contributed by atoms with Gasteiger partial charge in [-0.3, -0.25) is 0 Å². The lowest BCUT2D eigenvalue weighted by Crippen LogP contribution is -2.22. The third-order valence-corrected chi connectivity index (χ3v) is 2.08. The molecule has 1 saturated heterocycles. The number of alkyl halides is 1. The highest BCUT2D eigenvalue weighted by Crippen LogP contribution is 2.21. The van der Waals surface area contributed by atoms with Gasteiger partial charge >= 0.3 is 0 Å². The smallest absolute Gasteiger partial charge is 0.183 e. The third-order valence-electron chi connectivity index (χ3n) is 2.08. The van der Waals surface area contributed by atoms with Crippen LogP contribution in [0.1, 0.15) is 6.42 Å². The summed E-state index contributed by atoms with van der Waals surface area (Å²) in [5.74, 6) is -0.285. The predicted molar refractivity (Wildman–Crippen MR) is 43.7 cm³/mol. The molecule has 0 aliphatic carbocycles. The van der Waals surface area contributed by atoms with E-state index in [9.17, 15) is 8.78 Å². The fraction of sp³-hybridized carbons (Fsp3) is 0.500. The van der Waals surface area contributed by atoms with Gasteiger partial charge in [0.25, 0.3) is 0 Å². The van der Waals surface area contributed by atoms with E-state index in [2.05, 4.69) is 9.97 Å². The molecule has 1 aromatic rings. The Bertz CT molecular complexity index is 305. The Balaban J connectivity index is 2.21. The first kappa shape index (κ1) is 8.34. The van der Waals surface area contributed by atoms with Gasteiger partial charge in [0.2, 0.25) is 0 Å². The standard InChI is InChI=1S/C8H9F2N3/c9-6-1-2-13(4-6)8-7(10)3-11-5-12-8/h3,5-6H,1-2,4H2. The van der Waals surface area contributed by atoms with Gasteiger partial charge in [-0.1, -0.05) is 0 Å². The number of rotatable bonds is 1. The zero-order chi connectivity index (χ0) is 9.26. The second kappa shape index (κ2) is 3.24. The molecular weight excluding hydrogens is 176 g/mol. The number of anilines is 1. The van der Waals surface area contributed by atoms with Gasteiger partial charge in [-0.2, -0.15) is 0 Å². The van der Waals surface area contributed by atoms with Crippen molar-refractivity contribution in [2.45, 2.75) is 12.6 Å². The molecule has 2 rings (SSSR count).